The quantitative estimate of drug-likeness (QED) is 0.682. The van der Waals surface area contributed by atoms with Crippen LogP contribution in [0.15, 0.2) is 0 Å². The second kappa shape index (κ2) is 5.60. The minimum Gasteiger partial charge on any atom is -0.466 e. The third-order valence-electron chi connectivity index (χ3n) is 5.09. The van der Waals surface area contributed by atoms with Gasteiger partial charge < -0.3 is 4.74 Å². The van der Waals surface area contributed by atoms with Crippen molar-refractivity contribution in [3.05, 3.63) is 0 Å². The van der Waals surface area contributed by atoms with Crippen LogP contribution in [-0.2, 0) is 9.53 Å². The van der Waals surface area contributed by atoms with Crippen LogP contribution < -0.4 is 0 Å². The lowest BCUT2D eigenvalue weighted by atomic mass is 9.77. The average Bonchev–Trinajstić information content (AvgIpc) is 2.91. The molecule has 3 nitrogen and oxygen atoms in total. The summed E-state index contributed by atoms with van der Waals surface area (Å²) >= 11 is 0. The molecule has 0 aliphatic heterocycles. The Hall–Kier alpha value is -0.570. The highest BCUT2D eigenvalue weighted by Gasteiger charge is 2.54. The van der Waals surface area contributed by atoms with Gasteiger partial charge in [-0.05, 0) is 51.1 Å². The molecule has 0 aromatic rings. The van der Waals surface area contributed by atoms with Crippen LogP contribution in [0.3, 0.4) is 0 Å². The summed E-state index contributed by atoms with van der Waals surface area (Å²) in [7, 11) is 0. The van der Waals surface area contributed by atoms with Crippen molar-refractivity contribution in [1.82, 2.24) is 4.90 Å². The molecule has 3 atom stereocenters. The smallest absolute Gasteiger partial charge is 0.307 e. The van der Waals surface area contributed by atoms with E-state index in [1.165, 1.54) is 25.7 Å². The van der Waals surface area contributed by atoms with Crippen molar-refractivity contribution >= 4 is 5.97 Å². The van der Waals surface area contributed by atoms with Crippen LogP contribution >= 0.6 is 0 Å². The second-order valence-electron chi connectivity index (χ2n) is 5.84. The molecule has 2 fully saturated rings. The van der Waals surface area contributed by atoms with Crippen LogP contribution in [0.4, 0.5) is 0 Å². The molecule has 0 aromatic carbocycles. The van der Waals surface area contributed by atoms with Crippen LogP contribution in [-0.4, -0.2) is 36.1 Å². The highest BCUT2D eigenvalue weighted by molar-refractivity contribution is 5.71. The summed E-state index contributed by atoms with van der Waals surface area (Å²) in [5.41, 5.74) is 0.110. The van der Waals surface area contributed by atoms with E-state index in [-0.39, 0.29) is 11.5 Å². The van der Waals surface area contributed by atoms with Crippen molar-refractivity contribution in [3.8, 4) is 0 Å². The molecule has 2 aliphatic carbocycles. The largest absolute Gasteiger partial charge is 0.466 e. The minimum atomic E-state index is -0.00282. The molecular weight excluding hydrogens is 226 g/mol. The van der Waals surface area contributed by atoms with Gasteiger partial charge in [-0.2, -0.15) is 0 Å². The van der Waals surface area contributed by atoms with Crippen molar-refractivity contribution < 1.29 is 9.53 Å². The van der Waals surface area contributed by atoms with E-state index in [0.717, 1.165) is 19.0 Å². The maximum Gasteiger partial charge on any atom is 0.307 e. The molecule has 0 heterocycles. The predicted molar refractivity (Wildman–Crippen MR) is 72.4 cm³/mol. The van der Waals surface area contributed by atoms with Crippen molar-refractivity contribution in [2.45, 2.75) is 58.4 Å². The van der Waals surface area contributed by atoms with E-state index in [4.69, 9.17) is 4.74 Å². The van der Waals surface area contributed by atoms with E-state index in [0.29, 0.717) is 18.9 Å². The molecule has 3 heteroatoms. The molecule has 0 radical (unpaired) electrons. The topological polar surface area (TPSA) is 29.5 Å². The van der Waals surface area contributed by atoms with E-state index in [9.17, 15) is 4.79 Å². The van der Waals surface area contributed by atoms with Gasteiger partial charge in [0, 0.05) is 5.54 Å². The number of rotatable bonds is 6. The number of ether oxygens (including phenoxy) is 1. The first-order valence-electron chi connectivity index (χ1n) is 7.56. The van der Waals surface area contributed by atoms with Gasteiger partial charge in [-0.25, -0.2) is 0 Å². The Bertz CT molecular complexity index is 301. The van der Waals surface area contributed by atoms with Crippen LogP contribution in [0.5, 0.6) is 0 Å². The van der Waals surface area contributed by atoms with E-state index in [2.05, 4.69) is 18.7 Å². The summed E-state index contributed by atoms with van der Waals surface area (Å²) in [4.78, 5) is 14.5. The molecule has 18 heavy (non-hydrogen) atoms. The molecule has 0 saturated heterocycles. The zero-order chi connectivity index (χ0) is 13.2. The second-order valence-corrected chi connectivity index (χ2v) is 5.84. The molecule has 2 saturated carbocycles. The maximum atomic E-state index is 12.0. The number of carbonyl (C=O) groups is 1. The standard InChI is InChI=1S/C15H27NO2/c1-4-16(5-2)15(11-14(17)18-6-3)10-12-7-8-13(15)9-12/h12-13H,4-11H2,1-3H3. The molecule has 2 aliphatic rings. The molecule has 0 spiro atoms. The van der Waals surface area contributed by atoms with Gasteiger partial charge in [-0.3, -0.25) is 9.69 Å². The average molecular weight is 253 g/mol. The fourth-order valence-electron chi connectivity index (χ4n) is 4.45. The van der Waals surface area contributed by atoms with E-state index in [1.54, 1.807) is 0 Å². The Morgan fingerprint density at radius 2 is 2.00 bits per heavy atom. The fourth-order valence-corrected chi connectivity index (χ4v) is 4.45. The molecule has 104 valence electrons. The van der Waals surface area contributed by atoms with Crippen LogP contribution in [0.1, 0.15) is 52.9 Å². The first-order valence-corrected chi connectivity index (χ1v) is 7.56. The number of fused-ring (bicyclic) bond motifs is 2. The minimum absolute atomic E-state index is 0.00282. The van der Waals surface area contributed by atoms with Crippen LogP contribution in [0, 0.1) is 11.8 Å². The van der Waals surface area contributed by atoms with Gasteiger partial charge in [0.2, 0.25) is 0 Å². The summed E-state index contributed by atoms with van der Waals surface area (Å²) in [5, 5.41) is 0. The lowest BCUT2D eigenvalue weighted by molar-refractivity contribution is -0.148. The van der Waals surface area contributed by atoms with Crippen molar-refractivity contribution in [3.63, 3.8) is 0 Å². The molecule has 0 N–H and O–H groups in total. The van der Waals surface area contributed by atoms with Gasteiger partial charge in [0.25, 0.3) is 0 Å². The molecular formula is C15H27NO2. The van der Waals surface area contributed by atoms with Gasteiger partial charge in [-0.1, -0.05) is 20.3 Å². The van der Waals surface area contributed by atoms with Gasteiger partial charge in [0.15, 0.2) is 0 Å². The summed E-state index contributed by atoms with van der Waals surface area (Å²) in [6, 6.07) is 0. The monoisotopic (exact) mass is 253 g/mol. The fraction of sp³-hybridized carbons (Fsp3) is 0.933. The van der Waals surface area contributed by atoms with E-state index < -0.39 is 0 Å². The summed E-state index contributed by atoms with van der Waals surface area (Å²) in [6.45, 7) is 8.90. The van der Waals surface area contributed by atoms with Gasteiger partial charge >= 0.3 is 5.97 Å². The number of esters is 1. The van der Waals surface area contributed by atoms with Gasteiger partial charge in [0.1, 0.15) is 0 Å². The Morgan fingerprint density at radius 3 is 2.44 bits per heavy atom. The Kier molecular flexibility index (Phi) is 4.31. The normalized spacial score (nSPS) is 34.2. The van der Waals surface area contributed by atoms with E-state index in [1.807, 2.05) is 6.92 Å². The third kappa shape index (κ3) is 2.29. The van der Waals surface area contributed by atoms with Crippen molar-refractivity contribution in [2.75, 3.05) is 19.7 Å². The van der Waals surface area contributed by atoms with Crippen LogP contribution in [0.25, 0.3) is 0 Å². The van der Waals surface area contributed by atoms with Gasteiger partial charge in [-0.15, -0.1) is 0 Å². The SMILES string of the molecule is CCOC(=O)CC1(N(CC)CC)CC2CCC1C2. The first-order chi connectivity index (χ1) is 8.66. The zero-order valence-electron chi connectivity index (χ0n) is 12.1. The zero-order valence-corrected chi connectivity index (χ0v) is 12.1. The number of hydrogen-bond donors (Lipinski definition) is 0. The molecule has 3 unspecified atom stereocenters. The maximum absolute atomic E-state index is 12.0. The van der Waals surface area contributed by atoms with Crippen molar-refractivity contribution in [2.24, 2.45) is 11.8 Å². The Balaban J connectivity index is 2.15. The van der Waals surface area contributed by atoms with E-state index >= 15 is 0 Å². The number of nitrogens with zero attached hydrogens (tertiary/aromatic N) is 1. The summed E-state index contributed by atoms with van der Waals surface area (Å²) in [5.74, 6) is 1.56. The molecule has 2 bridgehead atoms. The summed E-state index contributed by atoms with van der Waals surface area (Å²) < 4.78 is 5.21. The summed E-state index contributed by atoms with van der Waals surface area (Å²) in [6.07, 6.45) is 5.81. The lowest BCUT2D eigenvalue weighted by Gasteiger charge is -2.46. The lowest BCUT2D eigenvalue weighted by Crippen LogP contribution is -2.53. The molecule has 0 amide bonds. The Labute approximate surface area is 111 Å². The van der Waals surface area contributed by atoms with Crippen LogP contribution in [0.2, 0.25) is 0 Å². The highest BCUT2D eigenvalue weighted by Crippen LogP contribution is 2.55. The van der Waals surface area contributed by atoms with Crippen molar-refractivity contribution in [1.29, 1.82) is 0 Å². The highest BCUT2D eigenvalue weighted by atomic mass is 16.5. The third-order valence-corrected chi connectivity index (χ3v) is 5.09. The Morgan fingerprint density at radius 1 is 1.28 bits per heavy atom. The van der Waals surface area contributed by atoms with Gasteiger partial charge in [0.05, 0.1) is 13.0 Å². The number of hydrogen-bond acceptors (Lipinski definition) is 3. The first kappa shape index (κ1) is 13.9. The number of carbonyl (C=O) groups excluding carboxylic acids is 1. The predicted octanol–water partition coefficient (Wildman–Crippen LogP) is 2.84. The molecule has 2 rings (SSSR count). The molecule has 0 aromatic heterocycles.